The minimum absolute atomic E-state index is 0.0864. The Balaban J connectivity index is 1.77. The van der Waals surface area contributed by atoms with Crippen LogP contribution in [0.15, 0.2) is 58.2 Å². The highest BCUT2D eigenvalue weighted by molar-refractivity contribution is 7.92. The zero-order valence-electron chi connectivity index (χ0n) is 13.4. The minimum atomic E-state index is -3.72. The summed E-state index contributed by atoms with van der Waals surface area (Å²) in [6.07, 6.45) is 4.27. The molecule has 0 amide bonds. The summed E-state index contributed by atoms with van der Waals surface area (Å²) in [5, 5.41) is 3.69. The number of hydrogen-bond acceptors (Lipinski definition) is 5. The lowest BCUT2D eigenvalue weighted by Crippen LogP contribution is -2.14. The largest absolute Gasteiger partial charge is 0.360 e. The van der Waals surface area contributed by atoms with Crippen LogP contribution in [-0.4, -0.2) is 18.6 Å². The van der Waals surface area contributed by atoms with Crippen molar-refractivity contribution in [3.63, 3.8) is 0 Å². The minimum Gasteiger partial charge on any atom is -0.360 e. The normalized spacial score (nSPS) is 11.4. The maximum atomic E-state index is 12.5. The van der Waals surface area contributed by atoms with E-state index in [-0.39, 0.29) is 10.7 Å². The van der Waals surface area contributed by atoms with E-state index in [9.17, 15) is 8.42 Å². The number of aromatic nitrogens is 2. The number of benzene rings is 1. The summed E-state index contributed by atoms with van der Waals surface area (Å²) in [5.41, 5.74) is 3.07. The van der Waals surface area contributed by atoms with E-state index in [0.717, 1.165) is 17.5 Å². The zero-order valence-corrected chi connectivity index (χ0v) is 14.2. The quantitative estimate of drug-likeness (QED) is 0.769. The number of nitrogens with one attached hydrogen (secondary N) is 1. The molecule has 24 heavy (non-hydrogen) atoms. The molecule has 0 fully saturated rings. The highest BCUT2D eigenvalue weighted by Gasteiger charge is 2.24. The van der Waals surface area contributed by atoms with Crippen LogP contribution in [0.4, 0.5) is 5.69 Å². The molecule has 0 atom stereocenters. The first-order valence-electron chi connectivity index (χ1n) is 7.39. The summed E-state index contributed by atoms with van der Waals surface area (Å²) >= 11 is 0. The van der Waals surface area contributed by atoms with Crippen molar-refractivity contribution in [3.8, 4) is 0 Å². The van der Waals surface area contributed by atoms with E-state index in [2.05, 4.69) is 14.9 Å². The molecule has 2 heterocycles. The van der Waals surface area contributed by atoms with E-state index < -0.39 is 10.0 Å². The Morgan fingerprint density at radius 3 is 2.21 bits per heavy atom. The van der Waals surface area contributed by atoms with Gasteiger partial charge in [-0.2, -0.15) is 0 Å². The van der Waals surface area contributed by atoms with Crippen molar-refractivity contribution < 1.29 is 12.9 Å². The van der Waals surface area contributed by atoms with Gasteiger partial charge in [-0.3, -0.25) is 9.71 Å². The Hall–Kier alpha value is -2.67. The fourth-order valence-corrected chi connectivity index (χ4v) is 3.88. The van der Waals surface area contributed by atoms with Gasteiger partial charge in [0.1, 0.15) is 5.69 Å². The fraction of sp³-hybridized carbons (Fsp3) is 0.176. The van der Waals surface area contributed by atoms with Gasteiger partial charge in [0.05, 0.1) is 0 Å². The van der Waals surface area contributed by atoms with E-state index in [1.54, 1.807) is 38.4 Å². The molecule has 0 radical (unpaired) electrons. The summed E-state index contributed by atoms with van der Waals surface area (Å²) in [6.45, 7) is 3.18. The molecule has 0 saturated heterocycles. The van der Waals surface area contributed by atoms with Gasteiger partial charge in [0.25, 0.3) is 10.0 Å². The molecule has 0 aliphatic heterocycles. The Kier molecular flexibility index (Phi) is 4.35. The van der Waals surface area contributed by atoms with Gasteiger partial charge in [-0.05, 0) is 55.7 Å². The van der Waals surface area contributed by atoms with Crippen molar-refractivity contribution in [3.05, 3.63) is 71.4 Å². The van der Waals surface area contributed by atoms with Crippen molar-refractivity contribution in [2.75, 3.05) is 4.72 Å². The number of hydrogen-bond donors (Lipinski definition) is 1. The van der Waals surface area contributed by atoms with Gasteiger partial charge in [0.2, 0.25) is 0 Å². The number of anilines is 1. The summed E-state index contributed by atoms with van der Waals surface area (Å²) in [4.78, 5) is 4.08. The molecule has 0 unspecified atom stereocenters. The summed E-state index contributed by atoms with van der Waals surface area (Å²) in [7, 11) is -3.72. The highest BCUT2D eigenvalue weighted by Crippen LogP contribution is 2.22. The van der Waals surface area contributed by atoms with E-state index in [1.165, 1.54) is 0 Å². The first-order valence-corrected chi connectivity index (χ1v) is 8.87. The van der Waals surface area contributed by atoms with Crippen LogP contribution in [-0.2, 0) is 16.4 Å². The standard InChI is InChI=1S/C17H17N3O3S/c1-12-17(13(2)23-19-12)24(21,22)20-16-5-3-14(4-6-16)11-15-7-9-18-10-8-15/h3-10,20H,11H2,1-2H3. The lowest BCUT2D eigenvalue weighted by atomic mass is 10.1. The fourth-order valence-electron chi connectivity index (χ4n) is 2.49. The molecule has 3 rings (SSSR count). The van der Waals surface area contributed by atoms with Gasteiger partial charge in [-0.15, -0.1) is 0 Å². The second-order valence-electron chi connectivity index (χ2n) is 5.49. The first kappa shape index (κ1) is 16.2. The number of nitrogens with zero attached hydrogens (tertiary/aromatic N) is 2. The van der Waals surface area contributed by atoms with Crippen molar-refractivity contribution >= 4 is 15.7 Å². The van der Waals surface area contributed by atoms with Crippen LogP contribution in [0.1, 0.15) is 22.6 Å². The number of rotatable bonds is 5. The van der Waals surface area contributed by atoms with Gasteiger partial charge in [-0.25, -0.2) is 8.42 Å². The van der Waals surface area contributed by atoms with Gasteiger partial charge in [-0.1, -0.05) is 17.3 Å². The average molecular weight is 343 g/mol. The van der Waals surface area contributed by atoms with Crippen molar-refractivity contribution in [2.24, 2.45) is 0 Å². The maximum Gasteiger partial charge on any atom is 0.267 e. The number of aryl methyl sites for hydroxylation is 2. The van der Waals surface area contributed by atoms with Crippen LogP contribution in [0.5, 0.6) is 0 Å². The smallest absolute Gasteiger partial charge is 0.267 e. The predicted octanol–water partition coefficient (Wildman–Crippen LogP) is 3.08. The SMILES string of the molecule is Cc1noc(C)c1S(=O)(=O)Nc1ccc(Cc2ccncc2)cc1. The molecule has 124 valence electrons. The molecule has 7 heteroatoms. The predicted molar refractivity (Wildman–Crippen MR) is 90.3 cm³/mol. The first-order chi connectivity index (χ1) is 11.5. The molecule has 0 bridgehead atoms. The summed E-state index contributed by atoms with van der Waals surface area (Å²) in [5.74, 6) is 0.273. The van der Waals surface area contributed by atoms with Crippen molar-refractivity contribution in [2.45, 2.75) is 25.2 Å². The molecule has 1 N–H and O–H groups in total. The van der Waals surface area contributed by atoms with Crippen LogP contribution in [0, 0.1) is 13.8 Å². The number of sulfonamides is 1. The topological polar surface area (TPSA) is 85.1 Å². The van der Waals surface area contributed by atoms with Crippen molar-refractivity contribution in [1.82, 2.24) is 10.1 Å². The van der Waals surface area contributed by atoms with Gasteiger partial charge >= 0.3 is 0 Å². The van der Waals surface area contributed by atoms with Crippen LogP contribution in [0.2, 0.25) is 0 Å². The lowest BCUT2D eigenvalue weighted by molar-refractivity contribution is 0.390. The van der Waals surface area contributed by atoms with Gasteiger partial charge < -0.3 is 4.52 Å². The lowest BCUT2D eigenvalue weighted by Gasteiger charge is -2.08. The van der Waals surface area contributed by atoms with E-state index in [1.807, 2.05) is 24.3 Å². The second kappa shape index (κ2) is 6.45. The van der Waals surface area contributed by atoms with Crippen molar-refractivity contribution in [1.29, 1.82) is 0 Å². The third-order valence-electron chi connectivity index (χ3n) is 3.60. The molecule has 1 aromatic carbocycles. The molecule has 0 saturated carbocycles. The highest BCUT2D eigenvalue weighted by atomic mass is 32.2. The van der Waals surface area contributed by atoms with E-state index in [0.29, 0.717) is 11.4 Å². The Morgan fingerprint density at radius 2 is 1.62 bits per heavy atom. The molecule has 0 spiro atoms. The number of pyridine rings is 1. The van der Waals surface area contributed by atoms with Gasteiger partial charge in [0, 0.05) is 18.1 Å². The van der Waals surface area contributed by atoms with Crippen LogP contribution >= 0.6 is 0 Å². The molecule has 3 aromatic rings. The maximum absolute atomic E-state index is 12.5. The van der Waals surface area contributed by atoms with Crippen LogP contribution < -0.4 is 4.72 Å². The zero-order chi connectivity index (χ0) is 17.2. The van der Waals surface area contributed by atoms with E-state index in [4.69, 9.17) is 4.52 Å². The van der Waals surface area contributed by atoms with Gasteiger partial charge in [0.15, 0.2) is 10.7 Å². The molecule has 0 aliphatic rings. The third kappa shape index (κ3) is 3.46. The summed E-state index contributed by atoms with van der Waals surface area (Å²) < 4.78 is 32.4. The molecule has 0 aliphatic carbocycles. The van der Waals surface area contributed by atoms with Crippen LogP contribution in [0.25, 0.3) is 0 Å². The monoisotopic (exact) mass is 343 g/mol. The third-order valence-corrected chi connectivity index (χ3v) is 5.23. The summed E-state index contributed by atoms with van der Waals surface area (Å²) in [6, 6.07) is 11.2. The Bertz CT molecular complexity index is 913. The Labute approximate surface area is 140 Å². The molecular weight excluding hydrogens is 326 g/mol. The average Bonchev–Trinajstić information content (AvgIpc) is 2.90. The van der Waals surface area contributed by atoms with Crippen LogP contribution in [0.3, 0.4) is 0 Å². The molecule has 2 aromatic heterocycles. The molecule has 6 nitrogen and oxygen atoms in total. The van der Waals surface area contributed by atoms with E-state index >= 15 is 0 Å². The second-order valence-corrected chi connectivity index (χ2v) is 7.11. The Morgan fingerprint density at radius 1 is 1.00 bits per heavy atom. The molecular formula is C17H17N3O3S.